The maximum Gasteiger partial charge on any atom is 0.314 e. The summed E-state index contributed by atoms with van der Waals surface area (Å²) in [6.45, 7) is 0. The number of nitrogens with one attached hydrogen (secondary N) is 4. The van der Waals surface area contributed by atoms with Crippen LogP contribution in [0.1, 0.15) is 0 Å². The molecule has 4 rings (SSSR count). The van der Waals surface area contributed by atoms with Gasteiger partial charge in [-0.2, -0.15) is 0 Å². The van der Waals surface area contributed by atoms with Crippen molar-refractivity contribution in [2.45, 2.75) is 0 Å². The molecule has 0 atom stereocenters. The van der Waals surface area contributed by atoms with Gasteiger partial charge in [-0.15, -0.1) is 0 Å². The Labute approximate surface area is 208 Å². The van der Waals surface area contributed by atoms with Crippen LogP contribution in [-0.2, 0) is 19.2 Å². The Hall–Kier alpha value is -5.24. The second-order valence-electron chi connectivity index (χ2n) is 7.28. The van der Waals surface area contributed by atoms with E-state index in [4.69, 9.17) is 0 Å². The lowest BCUT2D eigenvalue weighted by molar-refractivity contribution is -0.132. The Morgan fingerprint density at radius 3 is 0.639 bits per heavy atom. The van der Waals surface area contributed by atoms with E-state index in [1.54, 1.807) is 97.1 Å². The lowest BCUT2D eigenvalue weighted by Gasteiger charge is -2.05. The summed E-state index contributed by atoms with van der Waals surface area (Å²) in [5.41, 5.74) is 2.35. The summed E-state index contributed by atoms with van der Waals surface area (Å²) in [5, 5.41) is 10.0. The number of carbonyl (C=O) groups is 4. The summed E-state index contributed by atoms with van der Waals surface area (Å²) in [6, 6.07) is 35.3. The summed E-state index contributed by atoms with van der Waals surface area (Å²) in [7, 11) is 0. The first kappa shape index (κ1) is 25.4. The molecular formula is C28H24N4O4. The lowest BCUT2D eigenvalue weighted by Crippen LogP contribution is -2.28. The smallest absolute Gasteiger partial charge is 0.314 e. The Morgan fingerprint density at radius 1 is 0.306 bits per heavy atom. The zero-order valence-corrected chi connectivity index (χ0v) is 19.2. The Kier molecular flexibility index (Phi) is 9.49. The zero-order chi connectivity index (χ0) is 25.6. The number of carbonyl (C=O) groups excluding carboxylic acids is 4. The van der Waals surface area contributed by atoms with Crippen molar-refractivity contribution in [3.63, 3.8) is 0 Å². The van der Waals surface area contributed by atoms with Gasteiger partial charge >= 0.3 is 23.6 Å². The first-order chi connectivity index (χ1) is 17.5. The van der Waals surface area contributed by atoms with Crippen molar-refractivity contribution >= 4 is 46.4 Å². The fourth-order valence-electron chi connectivity index (χ4n) is 2.84. The Bertz CT molecular complexity index is 1080. The minimum Gasteiger partial charge on any atom is -0.318 e. The molecule has 36 heavy (non-hydrogen) atoms. The highest BCUT2D eigenvalue weighted by molar-refractivity contribution is 6.44. The number of hydrogen-bond acceptors (Lipinski definition) is 4. The third-order valence-corrected chi connectivity index (χ3v) is 4.54. The number of benzene rings is 4. The van der Waals surface area contributed by atoms with Gasteiger partial charge in [-0.05, 0) is 48.5 Å². The van der Waals surface area contributed by atoms with E-state index in [2.05, 4.69) is 21.3 Å². The minimum atomic E-state index is -0.690. The predicted octanol–water partition coefficient (Wildman–Crippen LogP) is 4.53. The van der Waals surface area contributed by atoms with Crippen LogP contribution >= 0.6 is 0 Å². The summed E-state index contributed by atoms with van der Waals surface area (Å²) >= 11 is 0. The SMILES string of the molecule is O=C(Nc1ccccc1)C(=O)Nc1ccccc1.O=C(Nc1ccccc1)C(=O)Nc1ccccc1. The number of anilines is 4. The van der Waals surface area contributed by atoms with Gasteiger partial charge in [0, 0.05) is 22.7 Å². The van der Waals surface area contributed by atoms with Crippen LogP contribution < -0.4 is 21.3 Å². The summed E-state index contributed by atoms with van der Waals surface area (Å²) < 4.78 is 0. The molecule has 0 bridgehead atoms. The number of para-hydroxylation sites is 4. The molecule has 4 aromatic rings. The fourth-order valence-corrected chi connectivity index (χ4v) is 2.84. The highest BCUT2D eigenvalue weighted by Gasteiger charge is 2.14. The first-order valence-corrected chi connectivity index (χ1v) is 11.0. The lowest BCUT2D eigenvalue weighted by atomic mass is 10.3. The van der Waals surface area contributed by atoms with Crippen LogP contribution in [-0.4, -0.2) is 23.6 Å². The molecule has 0 aliphatic carbocycles. The molecule has 0 saturated heterocycles. The van der Waals surface area contributed by atoms with Crippen molar-refractivity contribution in [2.24, 2.45) is 0 Å². The molecule has 0 heterocycles. The average Bonchev–Trinajstić information content (AvgIpc) is 2.91. The topological polar surface area (TPSA) is 116 Å². The van der Waals surface area contributed by atoms with Gasteiger partial charge in [0.2, 0.25) is 0 Å². The maximum absolute atomic E-state index is 11.6. The highest BCUT2D eigenvalue weighted by Crippen LogP contribution is 2.08. The van der Waals surface area contributed by atoms with Crippen LogP contribution in [0.2, 0.25) is 0 Å². The Morgan fingerprint density at radius 2 is 0.472 bits per heavy atom. The molecule has 180 valence electrons. The standard InChI is InChI=1S/2C14H12N2O2/c2*17-13(15-11-7-3-1-4-8-11)14(18)16-12-9-5-2-6-10-12/h2*1-10H,(H,15,17)(H,16,18). The molecule has 0 saturated carbocycles. The van der Waals surface area contributed by atoms with Crippen LogP contribution in [0.25, 0.3) is 0 Å². The summed E-state index contributed by atoms with van der Waals surface area (Å²) in [6.07, 6.45) is 0. The van der Waals surface area contributed by atoms with Crippen molar-refractivity contribution in [3.05, 3.63) is 121 Å². The molecule has 8 heteroatoms. The van der Waals surface area contributed by atoms with Crippen molar-refractivity contribution < 1.29 is 19.2 Å². The van der Waals surface area contributed by atoms with E-state index < -0.39 is 23.6 Å². The summed E-state index contributed by atoms with van der Waals surface area (Å²) in [5.74, 6) is -2.76. The van der Waals surface area contributed by atoms with Gasteiger partial charge in [0.15, 0.2) is 0 Å². The molecular weight excluding hydrogens is 456 g/mol. The van der Waals surface area contributed by atoms with E-state index in [-0.39, 0.29) is 0 Å². The largest absolute Gasteiger partial charge is 0.318 e. The normalized spacial score (nSPS) is 9.56. The maximum atomic E-state index is 11.6. The van der Waals surface area contributed by atoms with E-state index in [0.29, 0.717) is 22.7 Å². The van der Waals surface area contributed by atoms with Gasteiger partial charge in [0.25, 0.3) is 0 Å². The molecule has 0 spiro atoms. The van der Waals surface area contributed by atoms with Gasteiger partial charge in [-0.25, -0.2) is 0 Å². The average molecular weight is 481 g/mol. The minimum absolute atomic E-state index is 0.589. The quantitative estimate of drug-likeness (QED) is 0.321. The first-order valence-electron chi connectivity index (χ1n) is 11.0. The summed E-state index contributed by atoms with van der Waals surface area (Å²) in [4.78, 5) is 46.4. The van der Waals surface area contributed by atoms with E-state index >= 15 is 0 Å². The molecule has 4 N–H and O–H groups in total. The van der Waals surface area contributed by atoms with Crippen LogP contribution in [0.4, 0.5) is 22.7 Å². The second kappa shape index (κ2) is 13.5. The van der Waals surface area contributed by atoms with E-state index in [0.717, 1.165) is 0 Å². The van der Waals surface area contributed by atoms with Gasteiger partial charge < -0.3 is 21.3 Å². The molecule has 0 fully saturated rings. The van der Waals surface area contributed by atoms with E-state index in [9.17, 15) is 19.2 Å². The second-order valence-corrected chi connectivity index (χ2v) is 7.28. The van der Waals surface area contributed by atoms with Gasteiger partial charge in [-0.3, -0.25) is 19.2 Å². The van der Waals surface area contributed by atoms with E-state index in [1.807, 2.05) is 24.3 Å². The third kappa shape index (κ3) is 8.60. The van der Waals surface area contributed by atoms with Crippen molar-refractivity contribution in [1.29, 1.82) is 0 Å². The molecule has 4 aromatic carbocycles. The Balaban J connectivity index is 0.000000201. The van der Waals surface area contributed by atoms with Crippen LogP contribution in [0.5, 0.6) is 0 Å². The van der Waals surface area contributed by atoms with Crippen LogP contribution in [0.3, 0.4) is 0 Å². The molecule has 8 nitrogen and oxygen atoms in total. The number of rotatable bonds is 4. The van der Waals surface area contributed by atoms with Gasteiger partial charge in [-0.1, -0.05) is 72.8 Å². The molecule has 0 radical (unpaired) electrons. The van der Waals surface area contributed by atoms with Crippen molar-refractivity contribution in [1.82, 2.24) is 0 Å². The number of amides is 4. The third-order valence-electron chi connectivity index (χ3n) is 4.54. The van der Waals surface area contributed by atoms with Crippen molar-refractivity contribution in [2.75, 3.05) is 21.3 Å². The molecule has 4 amide bonds. The van der Waals surface area contributed by atoms with Gasteiger partial charge in [0.1, 0.15) is 0 Å². The molecule has 0 unspecified atom stereocenters. The van der Waals surface area contributed by atoms with Crippen LogP contribution in [0, 0.1) is 0 Å². The fraction of sp³-hybridized carbons (Fsp3) is 0. The molecule has 0 aliphatic rings. The molecule has 0 aliphatic heterocycles. The van der Waals surface area contributed by atoms with E-state index in [1.165, 1.54) is 0 Å². The van der Waals surface area contributed by atoms with Crippen LogP contribution in [0.15, 0.2) is 121 Å². The highest BCUT2D eigenvalue weighted by atomic mass is 16.2. The van der Waals surface area contributed by atoms with Crippen molar-refractivity contribution in [3.8, 4) is 0 Å². The predicted molar refractivity (Wildman–Crippen MR) is 140 cm³/mol. The zero-order valence-electron chi connectivity index (χ0n) is 19.2. The number of hydrogen-bond donors (Lipinski definition) is 4. The molecule has 0 aromatic heterocycles. The monoisotopic (exact) mass is 480 g/mol. The van der Waals surface area contributed by atoms with Gasteiger partial charge in [0.05, 0.1) is 0 Å².